The number of aromatic nitrogens is 4. The molecule has 1 N–H and O–H groups in total. The normalized spacial score (nSPS) is 11.8. The van der Waals surface area contributed by atoms with Gasteiger partial charge in [0.25, 0.3) is 0 Å². The van der Waals surface area contributed by atoms with Gasteiger partial charge in [-0.25, -0.2) is 15.0 Å². The van der Waals surface area contributed by atoms with Gasteiger partial charge >= 0.3 is 6.18 Å². The van der Waals surface area contributed by atoms with Crippen molar-refractivity contribution in [1.82, 2.24) is 19.9 Å². The molecule has 0 bridgehead atoms. The lowest BCUT2D eigenvalue weighted by Gasteiger charge is -2.04. The first-order valence-corrected chi connectivity index (χ1v) is 5.92. The van der Waals surface area contributed by atoms with Crippen molar-refractivity contribution < 1.29 is 17.9 Å². The summed E-state index contributed by atoms with van der Waals surface area (Å²) in [6.07, 6.45) is -3.69. The van der Waals surface area contributed by atoms with Gasteiger partial charge < -0.3 is 9.72 Å². The smallest absolute Gasteiger partial charge is 0.417 e. The Morgan fingerprint density at radius 1 is 1.19 bits per heavy atom. The predicted octanol–water partition coefficient (Wildman–Crippen LogP) is 3.05. The van der Waals surface area contributed by atoms with E-state index in [1.807, 2.05) is 0 Å². The minimum Gasteiger partial charge on any atom is -0.481 e. The standard InChI is InChI=1S/C13H9F3N4O/c1-21-10-4-2-3-8(18-10)12-19-9-5-7(13(14,15)16)6-17-11(9)20-12/h2-6H,1H3,(H,17,19,20). The average molecular weight is 294 g/mol. The lowest BCUT2D eigenvalue weighted by molar-refractivity contribution is -0.137. The summed E-state index contributed by atoms with van der Waals surface area (Å²) in [5.74, 6) is 0.715. The number of halogens is 3. The van der Waals surface area contributed by atoms with Gasteiger partial charge in [-0.05, 0) is 12.1 Å². The van der Waals surface area contributed by atoms with Crippen molar-refractivity contribution in [2.75, 3.05) is 7.11 Å². The lowest BCUT2D eigenvalue weighted by atomic mass is 10.2. The quantitative estimate of drug-likeness (QED) is 0.789. The number of pyridine rings is 2. The highest BCUT2D eigenvalue weighted by Gasteiger charge is 2.31. The zero-order valence-corrected chi connectivity index (χ0v) is 10.8. The van der Waals surface area contributed by atoms with Crippen LogP contribution in [-0.4, -0.2) is 27.0 Å². The first-order chi connectivity index (χ1) is 9.97. The summed E-state index contributed by atoms with van der Waals surface area (Å²) in [6, 6.07) is 6.01. The number of hydrogen-bond donors (Lipinski definition) is 1. The Morgan fingerprint density at radius 3 is 2.71 bits per heavy atom. The van der Waals surface area contributed by atoms with Gasteiger partial charge in [0.1, 0.15) is 5.69 Å². The van der Waals surface area contributed by atoms with Gasteiger partial charge in [-0.2, -0.15) is 13.2 Å². The zero-order valence-electron chi connectivity index (χ0n) is 10.8. The second kappa shape index (κ2) is 4.72. The van der Waals surface area contributed by atoms with Crippen LogP contribution >= 0.6 is 0 Å². The number of ether oxygens (including phenoxy) is 1. The molecule has 0 amide bonds. The molecule has 0 aliphatic rings. The molecule has 3 aromatic rings. The van der Waals surface area contributed by atoms with Gasteiger partial charge in [0.15, 0.2) is 11.5 Å². The largest absolute Gasteiger partial charge is 0.481 e. The van der Waals surface area contributed by atoms with Gasteiger partial charge in [0.05, 0.1) is 18.2 Å². The van der Waals surface area contributed by atoms with Crippen molar-refractivity contribution >= 4 is 11.2 Å². The summed E-state index contributed by atoms with van der Waals surface area (Å²) in [6.45, 7) is 0. The Labute approximate surface area is 116 Å². The molecular weight excluding hydrogens is 285 g/mol. The zero-order chi connectivity index (χ0) is 15.0. The van der Waals surface area contributed by atoms with E-state index >= 15 is 0 Å². The highest BCUT2D eigenvalue weighted by atomic mass is 19.4. The van der Waals surface area contributed by atoms with Crippen LogP contribution in [0.4, 0.5) is 13.2 Å². The van der Waals surface area contributed by atoms with Crippen LogP contribution in [0.2, 0.25) is 0 Å². The maximum absolute atomic E-state index is 12.6. The van der Waals surface area contributed by atoms with Crippen LogP contribution in [0.15, 0.2) is 30.5 Å². The Hall–Kier alpha value is -2.64. The number of imidazole rings is 1. The average Bonchev–Trinajstić information content (AvgIpc) is 2.89. The molecular formula is C13H9F3N4O. The molecule has 21 heavy (non-hydrogen) atoms. The van der Waals surface area contributed by atoms with E-state index in [0.29, 0.717) is 17.4 Å². The van der Waals surface area contributed by atoms with Gasteiger partial charge in [0, 0.05) is 12.3 Å². The first-order valence-electron chi connectivity index (χ1n) is 5.92. The number of rotatable bonds is 2. The number of nitrogens with zero attached hydrogens (tertiary/aromatic N) is 3. The van der Waals surface area contributed by atoms with Gasteiger partial charge in [-0.15, -0.1) is 0 Å². The van der Waals surface area contributed by atoms with Crippen LogP contribution in [-0.2, 0) is 6.18 Å². The molecule has 0 saturated carbocycles. The summed E-state index contributed by atoms with van der Waals surface area (Å²) in [4.78, 5) is 14.8. The van der Waals surface area contributed by atoms with Crippen LogP contribution in [0.1, 0.15) is 5.56 Å². The third-order valence-corrected chi connectivity index (χ3v) is 2.84. The van der Waals surface area contributed by atoms with E-state index in [1.165, 1.54) is 7.11 Å². The first kappa shape index (κ1) is 13.3. The van der Waals surface area contributed by atoms with E-state index in [-0.39, 0.29) is 11.2 Å². The number of alkyl halides is 3. The van der Waals surface area contributed by atoms with Gasteiger partial charge in [0.2, 0.25) is 5.88 Å². The SMILES string of the molecule is COc1cccc(-c2nc3ncc(C(F)(F)F)cc3[nH]2)n1. The topological polar surface area (TPSA) is 63.7 Å². The fourth-order valence-electron chi connectivity index (χ4n) is 1.84. The van der Waals surface area contributed by atoms with E-state index < -0.39 is 11.7 Å². The minimum atomic E-state index is -4.44. The third kappa shape index (κ3) is 2.51. The maximum atomic E-state index is 12.6. The molecule has 0 aliphatic heterocycles. The van der Waals surface area contributed by atoms with Gasteiger partial charge in [-0.3, -0.25) is 0 Å². The molecule has 0 atom stereocenters. The summed E-state index contributed by atoms with van der Waals surface area (Å²) in [7, 11) is 1.47. The molecule has 0 fully saturated rings. The summed E-state index contributed by atoms with van der Waals surface area (Å²) >= 11 is 0. The van der Waals surface area contributed by atoms with Crippen molar-refractivity contribution in [2.45, 2.75) is 6.18 Å². The number of aromatic amines is 1. The van der Waals surface area contributed by atoms with E-state index in [4.69, 9.17) is 4.74 Å². The Morgan fingerprint density at radius 2 is 2.00 bits per heavy atom. The number of methoxy groups -OCH3 is 1. The predicted molar refractivity (Wildman–Crippen MR) is 68.7 cm³/mol. The van der Waals surface area contributed by atoms with Crippen molar-refractivity contribution in [3.63, 3.8) is 0 Å². The number of hydrogen-bond acceptors (Lipinski definition) is 4. The highest BCUT2D eigenvalue weighted by molar-refractivity contribution is 5.75. The molecule has 0 spiro atoms. The highest BCUT2D eigenvalue weighted by Crippen LogP contribution is 2.30. The molecule has 3 aromatic heterocycles. The van der Waals surface area contributed by atoms with E-state index in [1.54, 1.807) is 18.2 Å². The molecule has 0 saturated heterocycles. The second-order valence-electron chi connectivity index (χ2n) is 4.24. The number of fused-ring (bicyclic) bond motifs is 1. The van der Waals surface area contributed by atoms with E-state index in [0.717, 1.165) is 12.3 Å². The molecule has 108 valence electrons. The number of H-pyrrole nitrogens is 1. The molecule has 0 aromatic carbocycles. The summed E-state index contributed by atoms with van der Waals surface area (Å²) in [5, 5.41) is 0. The summed E-state index contributed by atoms with van der Waals surface area (Å²) in [5.41, 5.74) is 0.0248. The molecule has 0 aliphatic carbocycles. The van der Waals surface area contributed by atoms with Crippen molar-refractivity contribution in [3.8, 4) is 17.4 Å². The fraction of sp³-hybridized carbons (Fsp3) is 0.154. The molecule has 8 heteroatoms. The number of nitrogens with one attached hydrogen (secondary N) is 1. The Bertz CT molecular complexity index is 797. The van der Waals surface area contributed by atoms with Crippen LogP contribution < -0.4 is 4.74 Å². The van der Waals surface area contributed by atoms with Crippen LogP contribution in [0, 0.1) is 0 Å². The van der Waals surface area contributed by atoms with E-state index in [9.17, 15) is 13.2 Å². The van der Waals surface area contributed by atoms with E-state index in [2.05, 4.69) is 19.9 Å². The monoisotopic (exact) mass is 294 g/mol. The third-order valence-electron chi connectivity index (χ3n) is 2.84. The fourth-order valence-corrected chi connectivity index (χ4v) is 1.84. The second-order valence-corrected chi connectivity index (χ2v) is 4.24. The maximum Gasteiger partial charge on any atom is 0.417 e. The molecule has 3 rings (SSSR count). The van der Waals surface area contributed by atoms with Crippen LogP contribution in [0.25, 0.3) is 22.7 Å². The summed E-state index contributed by atoms with van der Waals surface area (Å²) < 4.78 is 42.9. The Balaban J connectivity index is 2.08. The van der Waals surface area contributed by atoms with Gasteiger partial charge in [-0.1, -0.05) is 6.07 Å². The minimum absolute atomic E-state index is 0.197. The molecule has 3 heterocycles. The molecule has 0 radical (unpaired) electrons. The lowest BCUT2D eigenvalue weighted by Crippen LogP contribution is -2.05. The molecule has 0 unspecified atom stereocenters. The van der Waals surface area contributed by atoms with Crippen LogP contribution in [0.5, 0.6) is 5.88 Å². The molecule has 5 nitrogen and oxygen atoms in total. The Kier molecular flexibility index (Phi) is 3.00. The van der Waals surface area contributed by atoms with Crippen molar-refractivity contribution in [2.24, 2.45) is 0 Å². The van der Waals surface area contributed by atoms with Crippen molar-refractivity contribution in [1.29, 1.82) is 0 Å². The van der Waals surface area contributed by atoms with Crippen LogP contribution in [0.3, 0.4) is 0 Å². The van der Waals surface area contributed by atoms with Crippen molar-refractivity contribution in [3.05, 3.63) is 36.0 Å².